The summed E-state index contributed by atoms with van der Waals surface area (Å²) in [6.07, 6.45) is -16.0. The number of fused-ring (bicyclic) bond motifs is 4. The molecule has 7 fully saturated rings. The predicted octanol–water partition coefficient (Wildman–Crippen LogP) is 1.90. The molecule has 2 amide bonds. The number of carbonyl (C=O) groups excluding carboxylic acids is 1. The van der Waals surface area contributed by atoms with Crippen LogP contribution in [0, 0.1) is 13.8 Å². The van der Waals surface area contributed by atoms with Crippen LogP contribution in [0.4, 0.5) is 33.9 Å². The fourth-order valence-electron chi connectivity index (χ4n) is 17.4. The van der Waals surface area contributed by atoms with E-state index >= 15 is 4.57 Å². The summed E-state index contributed by atoms with van der Waals surface area (Å²) in [6.45, 7) is -29.6. The van der Waals surface area contributed by atoms with E-state index in [2.05, 4.69) is 87.3 Å². The lowest BCUT2D eigenvalue weighted by Gasteiger charge is -2.32. The number of nitrogens with one attached hydrogen (secondary N) is 2. The number of nitrogens with two attached hydrogens (primary N) is 6. The van der Waals surface area contributed by atoms with Gasteiger partial charge in [0.25, 0.3) is 5.56 Å². The standard InChI is InChI=1S/C72H97N28O33P7S7/c1-6-33-34(7-46(120-33)94-13-30(2)58(73)91-70(94)103)128-135(107,142)114-17-42-39(12-51(123-42)99-28-89-54-62(77)81-24-85-66(54)99)132-139(111,146)119-21-45-57(56(101)69(126-45)100-29-90-55-63(78)82-25-86-67(55)100)133-140(112,147)118-20-41-36(9-47(122-41)95-14-31(3)59(74)92-71(95)104)129-136(108,143)116-18-43-38(11-50(124-43)98-27-88-53-61(76)80-23-84-65(53)98)131-138(110,145)117-19-44-37(10-49(125-44)97-26-87-52-60(75)79-22-83-64(52)97)130-137(109,144)115-16-40-35(127-134(106,141)113-5)8-48(121-40)96-15-32(4)68(102)93-72(96)105/h13-15,22-29,33-51,56-58,69,101H,6-12,16-21,73H2,1-5H3,(H,91,103)(H,106,141)(H,107,142)(H,108,143)(H,109,144)(H,110,145)(H,111,146)(H,112,147)(H2,74,92,104)(H2,75,79,83)(H2,76,80,84)(H2,77,81,85)(H2,78,82,86)(H,93,102,105)/t33-,34?,35?,36?,37?,38?,39?,40-,41-,42-,43-,44-,45-,46-,47-,48-,49-,50-,51-,56+,57?,58?,69-,134?,135?,136?,137?,138?,139?,140?/m1/s1. The number of aromatic amines is 1. The number of hydrogen-bond donors (Lipinski definition) is 16. The molecule has 8 aliphatic rings. The second-order valence-corrected chi connectivity index (χ2v) is 54.1. The molecule has 0 spiro atoms. The van der Waals surface area contributed by atoms with E-state index in [0.717, 1.165) is 22.6 Å². The summed E-state index contributed by atoms with van der Waals surface area (Å²) >= 11 is 38.0. The van der Waals surface area contributed by atoms with Gasteiger partial charge in [-0.2, -0.15) is 4.98 Å². The van der Waals surface area contributed by atoms with Gasteiger partial charge < -0.3 is 157 Å². The Morgan fingerprint density at radius 3 is 1.18 bits per heavy atom. The number of imidazole rings is 4. The number of rotatable bonds is 41. The highest BCUT2D eigenvalue weighted by Crippen LogP contribution is 2.61. The lowest BCUT2D eigenvalue weighted by Crippen LogP contribution is -2.54. The molecule has 0 aromatic carbocycles. The van der Waals surface area contributed by atoms with Crippen LogP contribution in [0.2, 0.25) is 0 Å². The number of nitrogen functional groups attached to an aromatic ring is 5. The number of urea groups is 1. The van der Waals surface area contributed by atoms with E-state index in [1.807, 2.05) is 6.92 Å². The second kappa shape index (κ2) is 44.2. The Morgan fingerprint density at radius 2 is 0.769 bits per heavy atom. The van der Waals surface area contributed by atoms with Gasteiger partial charge in [-0.1, -0.05) is 19.2 Å². The van der Waals surface area contributed by atoms with Gasteiger partial charge in [0.05, 0.1) is 102 Å². The number of aliphatic hydroxyl groups excluding tert-OH is 1. The van der Waals surface area contributed by atoms with Gasteiger partial charge in [0.1, 0.15) is 152 Å². The number of anilines is 5. The van der Waals surface area contributed by atoms with Crippen molar-refractivity contribution in [1.29, 1.82) is 0 Å². The zero-order valence-electron chi connectivity index (χ0n) is 77.0. The van der Waals surface area contributed by atoms with Crippen LogP contribution in [0.1, 0.15) is 107 Å². The van der Waals surface area contributed by atoms with Gasteiger partial charge in [-0.25, -0.2) is 78.8 Å². The van der Waals surface area contributed by atoms with Gasteiger partial charge in [0.2, 0.25) is 0 Å². The maximum absolute atomic E-state index is 15.0. The van der Waals surface area contributed by atoms with Gasteiger partial charge >= 0.3 is 64.5 Å². The van der Waals surface area contributed by atoms with E-state index in [1.54, 1.807) is 20.0 Å². The Balaban J connectivity index is 0.564. The van der Waals surface area contributed by atoms with E-state index in [0.29, 0.717) is 17.6 Å². The minimum Gasteiger partial charge on any atom is -0.386 e. The minimum atomic E-state index is -4.87. The number of hydrogen-bond acceptors (Lipinski definition) is 52. The van der Waals surface area contributed by atoms with Crippen LogP contribution in [0.3, 0.4) is 0 Å². The van der Waals surface area contributed by atoms with Crippen LogP contribution in [0.5, 0.6) is 0 Å². The molecule has 75 heteroatoms. The van der Waals surface area contributed by atoms with Crippen molar-refractivity contribution in [3.8, 4) is 0 Å². The molecule has 30 atom stereocenters. The molecule has 18 rings (SSSR count). The number of aromatic nitrogens is 20. The van der Waals surface area contributed by atoms with Crippen LogP contribution >= 0.6 is 59.4 Å². The first-order valence-corrected chi connectivity index (χ1v) is 62.5. The maximum Gasteiger partial charge on any atom is 0.386 e. The SMILES string of the molecule is CC[C@H]1O[C@@H](N2C=C(C)C(N)NC2=O)CC1OP(O)(=S)OC[C@H]1O[C@@H](n2cnc3c(N)ncnc32)CC1OP(=O)(S)OC[C@H]1O[C@@H](n2cnc3c(N)ncnc32)[C@@H](O)C1OP(O)(=S)OC[C@H]1O[C@@H](n2cc(C)c(N)nc2=O)CC1OP(O)(=S)OC[C@H]1O[C@@H](n2cnc3c(N)ncnc32)CC1OP(O)(=S)OC[C@H]1O[C@@H](n2cnc3c(N)ncnc32)CC1OP(O)(=S)OC[C@H]1O[C@@H](n2cc(C)c(=O)[nH]c2=O)CC1OP(O)(=S)OC. The summed E-state index contributed by atoms with van der Waals surface area (Å²) < 4.78 is 152. The average Bonchev–Trinajstić information content (AvgIpc) is 1.61. The largest absolute Gasteiger partial charge is 0.386 e. The number of thiol groups is 1. The van der Waals surface area contributed by atoms with Crippen molar-refractivity contribution in [2.45, 2.75) is 214 Å². The van der Waals surface area contributed by atoms with Crippen molar-refractivity contribution in [1.82, 2.24) is 107 Å². The number of H-pyrrole nitrogens is 1. The fourth-order valence-corrected chi connectivity index (χ4v) is 27.3. The third kappa shape index (κ3) is 24.7. The number of aliphatic hydroxyl groups is 1. The average molecular weight is 2320 g/mol. The van der Waals surface area contributed by atoms with Crippen LogP contribution < -0.4 is 56.7 Å². The van der Waals surface area contributed by atoms with Crippen molar-refractivity contribution in [3.63, 3.8) is 0 Å². The Morgan fingerprint density at radius 1 is 0.429 bits per heavy atom. The highest BCUT2D eigenvalue weighted by Gasteiger charge is 2.54. The van der Waals surface area contributed by atoms with Crippen LogP contribution in [0.15, 0.2) is 89.2 Å². The van der Waals surface area contributed by atoms with Gasteiger partial charge in [-0.05, 0) is 104 Å². The lowest BCUT2D eigenvalue weighted by molar-refractivity contribution is -0.0565. The fraction of sp³-hybridized carbons (Fsp3) is 0.569. The molecule has 61 nitrogen and oxygen atoms in total. The minimum absolute atomic E-state index is 0.00405. The quantitative estimate of drug-likeness (QED) is 0.0192. The molecule has 0 bridgehead atoms. The van der Waals surface area contributed by atoms with Crippen molar-refractivity contribution in [2.24, 2.45) is 5.73 Å². The van der Waals surface area contributed by atoms with Gasteiger partial charge in [-0.3, -0.25) is 55.7 Å². The molecular weight excluding hydrogens is 2230 g/mol. The molecule has 0 radical (unpaired) electrons. The smallest absolute Gasteiger partial charge is 0.386 e. The van der Waals surface area contributed by atoms with Crippen LogP contribution in [-0.4, -0.2) is 293 Å². The zero-order chi connectivity index (χ0) is 105. The van der Waals surface area contributed by atoms with Crippen molar-refractivity contribution >= 4 is 210 Å². The van der Waals surface area contributed by atoms with E-state index in [4.69, 9.17) is 202 Å². The van der Waals surface area contributed by atoms with Crippen LogP contribution in [0.25, 0.3) is 44.7 Å². The molecular formula is C72H97N28O33P7S7. The number of ether oxygens (including phenoxy) is 7. The molecule has 7 saturated heterocycles. The molecule has 10 aromatic rings. The molecule has 15 unspecified atom stereocenters. The summed E-state index contributed by atoms with van der Waals surface area (Å²) in [5.41, 5.74) is 36.8. The van der Waals surface area contributed by atoms with E-state index in [9.17, 15) is 53.6 Å². The topological polar surface area (TPSA) is 805 Å². The summed E-state index contributed by atoms with van der Waals surface area (Å²) in [5, 5.41) is 15.1. The first-order chi connectivity index (χ1) is 69.5. The van der Waals surface area contributed by atoms with Crippen molar-refractivity contribution < 1.29 is 140 Å². The first kappa shape index (κ1) is 110. The molecule has 0 saturated carbocycles. The number of carbonyl (C=O) groups is 1. The summed E-state index contributed by atoms with van der Waals surface area (Å²) in [7, 11) is 1.12. The normalized spacial score (nSPS) is 31.0. The van der Waals surface area contributed by atoms with E-state index in [-0.39, 0.29) is 118 Å². The molecule has 18 heterocycles. The lowest BCUT2D eigenvalue weighted by atomic mass is 10.1. The molecule has 147 heavy (non-hydrogen) atoms. The Labute approximate surface area is 864 Å². The van der Waals surface area contributed by atoms with Gasteiger partial charge in [-0.15, -0.1) is 0 Å². The molecule has 800 valence electrons. The summed E-state index contributed by atoms with van der Waals surface area (Å²) in [4.78, 5) is 182. The highest BCUT2D eigenvalue weighted by atomic mass is 32.7. The Hall–Kier alpha value is -6.91. The Bertz CT molecular complexity index is 7240. The first-order valence-electron chi connectivity index (χ1n) is 44.2. The van der Waals surface area contributed by atoms with Crippen molar-refractivity contribution in [2.75, 3.05) is 75.4 Å². The summed E-state index contributed by atoms with van der Waals surface area (Å²) in [6, 6.07) is -0.525. The number of amides is 2. The molecule has 10 aromatic heterocycles. The van der Waals surface area contributed by atoms with Gasteiger partial charge in [0, 0.05) is 75.4 Å². The second-order valence-electron chi connectivity index (χ2n) is 34.3. The van der Waals surface area contributed by atoms with E-state index in [1.165, 1.54) is 86.8 Å². The third-order valence-corrected chi connectivity index (χ3v) is 35.9. The molecule has 8 aliphatic heterocycles. The maximum atomic E-state index is 15.0. The van der Waals surface area contributed by atoms with Gasteiger partial charge in [0.15, 0.2) is 52.1 Å². The van der Waals surface area contributed by atoms with Crippen LogP contribution in [-0.2, 0) is 172 Å². The summed E-state index contributed by atoms with van der Waals surface area (Å²) in [5.74, 6) is -0.146. The Kier molecular flexibility index (Phi) is 33.0. The number of aryl methyl sites for hydroxylation is 2. The monoisotopic (exact) mass is 2320 g/mol. The predicted molar refractivity (Wildman–Crippen MR) is 533 cm³/mol. The molecule has 21 N–H and O–H groups in total. The van der Waals surface area contributed by atoms with E-state index < -0.39 is 251 Å². The van der Waals surface area contributed by atoms with Crippen molar-refractivity contribution in [3.05, 3.63) is 117 Å². The highest BCUT2D eigenvalue weighted by molar-refractivity contribution is 8.44. The molecule has 0 aliphatic carbocycles. The third-order valence-electron chi connectivity index (χ3n) is 24.7. The number of nitrogens with zero attached hydrogens (tertiary/aromatic N) is 20. The zero-order valence-corrected chi connectivity index (χ0v) is 89.1.